The van der Waals surface area contributed by atoms with Crippen LogP contribution >= 0.6 is 0 Å². The molecule has 0 aliphatic carbocycles. The van der Waals surface area contributed by atoms with E-state index < -0.39 is 0 Å². The van der Waals surface area contributed by atoms with Gasteiger partial charge in [-0.25, -0.2) is 4.68 Å². The van der Waals surface area contributed by atoms with Gasteiger partial charge in [0.2, 0.25) is 0 Å². The van der Waals surface area contributed by atoms with Crippen molar-refractivity contribution in [3.8, 4) is 11.8 Å². The van der Waals surface area contributed by atoms with Crippen LogP contribution in [0.3, 0.4) is 0 Å². The van der Waals surface area contributed by atoms with Gasteiger partial charge in [0.25, 0.3) is 0 Å². The first-order valence-electron chi connectivity index (χ1n) is 7.22. The zero-order valence-corrected chi connectivity index (χ0v) is 12.5. The van der Waals surface area contributed by atoms with Crippen LogP contribution in [0.5, 0.6) is 0 Å². The van der Waals surface area contributed by atoms with Crippen molar-refractivity contribution >= 4 is 10.9 Å². The molecule has 21 heavy (non-hydrogen) atoms. The molecule has 0 aliphatic heterocycles. The molecule has 0 unspecified atom stereocenters. The van der Waals surface area contributed by atoms with Gasteiger partial charge in [-0.3, -0.25) is 0 Å². The van der Waals surface area contributed by atoms with Gasteiger partial charge in [-0.15, -0.1) is 0 Å². The standard InChI is InChI=1S/C17H18N4/c1-4-13-9-19-21(10-13)15-5-6-17-16(7-15)14(8-18)11-20(17)12(2)3/h5-7,9-12H,4H2,1-3H3. The second-order valence-corrected chi connectivity index (χ2v) is 5.50. The lowest BCUT2D eigenvalue weighted by molar-refractivity contribution is 0.622. The first-order chi connectivity index (χ1) is 10.1. The molecule has 0 amide bonds. The van der Waals surface area contributed by atoms with Crippen LogP contribution in [-0.2, 0) is 6.42 Å². The molecule has 0 saturated heterocycles. The van der Waals surface area contributed by atoms with Crippen LogP contribution in [0, 0.1) is 11.3 Å². The highest BCUT2D eigenvalue weighted by Crippen LogP contribution is 2.26. The largest absolute Gasteiger partial charge is 0.344 e. The molecule has 2 heterocycles. The molecule has 0 aliphatic rings. The number of hydrogen-bond donors (Lipinski definition) is 0. The minimum absolute atomic E-state index is 0.330. The normalized spacial score (nSPS) is 11.2. The fraction of sp³-hybridized carbons (Fsp3) is 0.294. The molecular formula is C17H18N4. The zero-order valence-electron chi connectivity index (χ0n) is 12.5. The Morgan fingerprint density at radius 1 is 1.29 bits per heavy atom. The molecular weight excluding hydrogens is 260 g/mol. The number of hydrogen-bond acceptors (Lipinski definition) is 2. The Hall–Kier alpha value is -2.54. The quantitative estimate of drug-likeness (QED) is 0.730. The number of fused-ring (bicyclic) bond motifs is 1. The molecule has 4 nitrogen and oxygen atoms in total. The molecule has 0 saturated carbocycles. The first-order valence-corrected chi connectivity index (χ1v) is 7.22. The average molecular weight is 278 g/mol. The molecule has 0 radical (unpaired) electrons. The van der Waals surface area contributed by atoms with Gasteiger partial charge in [-0.2, -0.15) is 10.4 Å². The van der Waals surface area contributed by atoms with Crippen LogP contribution < -0.4 is 0 Å². The van der Waals surface area contributed by atoms with E-state index in [1.807, 2.05) is 29.3 Å². The number of aromatic nitrogens is 3. The summed E-state index contributed by atoms with van der Waals surface area (Å²) in [6, 6.07) is 8.78. The first kappa shape index (κ1) is 13.4. The van der Waals surface area contributed by atoms with Crippen LogP contribution in [0.25, 0.3) is 16.6 Å². The van der Waals surface area contributed by atoms with Crippen molar-refractivity contribution in [2.75, 3.05) is 0 Å². The van der Waals surface area contributed by atoms with Crippen LogP contribution in [-0.4, -0.2) is 14.3 Å². The third-order valence-electron chi connectivity index (χ3n) is 3.80. The number of benzene rings is 1. The Kier molecular flexibility index (Phi) is 3.26. The fourth-order valence-electron chi connectivity index (χ4n) is 2.59. The van der Waals surface area contributed by atoms with Crippen LogP contribution in [0.1, 0.15) is 37.9 Å². The van der Waals surface area contributed by atoms with E-state index in [1.54, 1.807) is 0 Å². The van der Waals surface area contributed by atoms with Crippen molar-refractivity contribution in [1.82, 2.24) is 14.3 Å². The Balaban J connectivity index is 2.18. The van der Waals surface area contributed by atoms with E-state index in [0.29, 0.717) is 11.6 Å². The van der Waals surface area contributed by atoms with Crippen molar-refractivity contribution in [3.05, 3.63) is 47.9 Å². The van der Waals surface area contributed by atoms with E-state index in [1.165, 1.54) is 5.56 Å². The molecule has 0 bridgehead atoms. The summed E-state index contributed by atoms with van der Waals surface area (Å²) in [5, 5.41) is 14.7. The van der Waals surface area contributed by atoms with Gasteiger partial charge in [0.15, 0.2) is 0 Å². The summed E-state index contributed by atoms with van der Waals surface area (Å²) in [6.45, 7) is 6.35. The van der Waals surface area contributed by atoms with Crippen LogP contribution in [0.2, 0.25) is 0 Å². The van der Waals surface area contributed by atoms with Gasteiger partial charge in [-0.1, -0.05) is 6.92 Å². The Morgan fingerprint density at radius 2 is 2.10 bits per heavy atom. The van der Waals surface area contributed by atoms with Crippen molar-refractivity contribution < 1.29 is 0 Å². The molecule has 0 N–H and O–H groups in total. The molecule has 1 aromatic carbocycles. The SMILES string of the molecule is CCc1cnn(-c2ccc3c(c2)c(C#N)cn3C(C)C)c1. The minimum atomic E-state index is 0.330. The van der Waals surface area contributed by atoms with E-state index in [4.69, 9.17) is 0 Å². The molecule has 4 heteroatoms. The highest BCUT2D eigenvalue weighted by molar-refractivity contribution is 5.88. The van der Waals surface area contributed by atoms with Gasteiger partial charge in [0, 0.05) is 29.3 Å². The maximum atomic E-state index is 9.35. The summed E-state index contributed by atoms with van der Waals surface area (Å²) in [6.07, 6.45) is 6.82. The van der Waals surface area contributed by atoms with Gasteiger partial charge in [-0.05, 0) is 44.0 Å². The highest BCUT2D eigenvalue weighted by atomic mass is 15.3. The van der Waals surface area contributed by atoms with Gasteiger partial charge >= 0.3 is 0 Å². The third-order valence-corrected chi connectivity index (χ3v) is 3.80. The van der Waals surface area contributed by atoms with Crippen molar-refractivity contribution in [1.29, 1.82) is 5.26 Å². The average Bonchev–Trinajstić information content (AvgIpc) is 3.10. The Bertz CT molecular complexity index is 830. The predicted octanol–water partition coefficient (Wildman–Crippen LogP) is 3.84. The second-order valence-electron chi connectivity index (χ2n) is 5.50. The van der Waals surface area contributed by atoms with Gasteiger partial charge in [0.05, 0.1) is 17.4 Å². The molecule has 0 spiro atoms. The molecule has 106 valence electrons. The van der Waals surface area contributed by atoms with Crippen LogP contribution in [0.4, 0.5) is 0 Å². The molecule has 0 fully saturated rings. The minimum Gasteiger partial charge on any atom is -0.344 e. The topological polar surface area (TPSA) is 46.5 Å². The lowest BCUT2D eigenvalue weighted by Crippen LogP contribution is -1.98. The van der Waals surface area contributed by atoms with E-state index in [0.717, 1.165) is 23.0 Å². The zero-order chi connectivity index (χ0) is 15.0. The number of nitrogens with zero attached hydrogens (tertiary/aromatic N) is 4. The lowest BCUT2D eigenvalue weighted by Gasteiger charge is -2.09. The highest BCUT2D eigenvalue weighted by Gasteiger charge is 2.11. The number of aryl methyl sites for hydroxylation is 1. The summed E-state index contributed by atoms with van der Waals surface area (Å²) >= 11 is 0. The predicted molar refractivity (Wildman–Crippen MR) is 83.5 cm³/mol. The summed E-state index contributed by atoms with van der Waals surface area (Å²) in [7, 11) is 0. The summed E-state index contributed by atoms with van der Waals surface area (Å²) in [4.78, 5) is 0. The summed E-state index contributed by atoms with van der Waals surface area (Å²) in [5.41, 5.74) is 3.99. The Labute approximate surface area is 124 Å². The van der Waals surface area contributed by atoms with Crippen LogP contribution in [0.15, 0.2) is 36.8 Å². The Morgan fingerprint density at radius 3 is 2.71 bits per heavy atom. The van der Waals surface area contributed by atoms with Crippen molar-refractivity contribution in [2.24, 2.45) is 0 Å². The van der Waals surface area contributed by atoms with E-state index in [-0.39, 0.29) is 0 Å². The molecule has 2 aromatic heterocycles. The maximum absolute atomic E-state index is 9.35. The monoisotopic (exact) mass is 278 g/mol. The molecule has 3 rings (SSSR count). The number of rotatable bonds is 3. The van der Waals surface area contributed by atoms with E-state index >= 15 is 0 Å². The number of nitriles is 1. The van der Waals surface area contributed by atoms with Gasteiger partial charge < -0.3 is 4.57 Å². The van der Waals surface area contributed by atoms with Crippen molar-refractivity contribution in [2.45, 2.75) is 33.2 Å². The lowest BCUT2D eigenvalue weighted by atomic mass is 10.1. The van der Waals surface area contributed by atoms with E-state index in [2.05, 4.69) is 48.6 Å². The molecule has 3 aromatic rings. The summed E-state index contributed by atoms with van der Waals surface area (Å²) < 4.78 is 4.00. The maximum Gasteiger partial charge on any atom is 0.101 e. The third kappa shape index (κ3) is 2.21. The van der Waals surface area contributed by atoms with E-state index in [9.17, 15) is 5.26 Å². The van der Waals surface area contributed by atoms with Gasteiger partial charge in [0.1, 0.15) is 6.07 Å². The van der Waals surface area contributed by atoms with Crippen molar-refractivity contribution in [3.63, 3.8) is 0 Å². The molecule has 0 atom stereocenters. The second kappa shape index (κ2) is 5.10. The smallest absolute Gasteiger partial charge is 0.101 e. The fourth-order valence-corrected chi connectivity index (χ4v) is 2.59. The summed E-state index contributed by atoms with van der Waals surface area (Å²) in [5.74, 6) is 0.